The number of hydrogen-bond acceptors (Lipinski definition) is 0. The second kappa shape index (κ2) is 707. The summed E-state index contributed by atoms with van der Waals surface area (Å²) < 4.78 is 0. The van der Waals surface area contributed by atoms with Gasteiger partial charge in [-0.25, -0.2) is 0 Å². The Morgan fingerprint density at radius 1 is 0.500 bits per heavy atom. The van der Waals surface area contributed by atoms with Crippen LogP contribution in [-0.2, 0) is 0 Å². The van der Waals surface area contributed by atoms with Gasteiger partial charge in [0, 0.05) is 8.41 Å². The summed E-state index contributed by atoms with van der Waals surface area (Å²) in [6.07, 6.45) is 0. The summed E-state index contributed by atoms with van der Waals surface area (Å²) in [5, 5.41) is 0. The van der Waals surface area contributed by atoms with Gasteiger partial charge in [0.1, 0.15) is 0 Å². The van der Waals surface area contributed by atoms with Crippen molar-refractivity contribution in [3.8, 4) is 0 Å². The SMILES string of the molecule is F.F.F.F.[B].[LiH]. The maximum atomic E-state index is 0. The van der Waals surface area contributed by atoms with Gasteiger partial charge in [-0.1, -0.05) is 0 Å². The van der Waals surface area contributed by atoms with Crippen molar-refractivity contribution in [1.29, 1.82) is 0 Å². The fraction of sp³-hybridized carbons (Fsp3) is 0. The second-order valence-electron chi connectivity index (χ2n) is 0. The third-order valence-corrected chi connectivity index (χ3v) is 0. The van der Waals surface area contributed by atoms with Crippen LogP contribution < -0.4 is 0 Å². The molecule has 0 saturated carbocycles. The Balaban J connectivity index is 0. The Morgan fingerprint density at radius 3 is 0.500 bits per heavy atom. The van der Waals surface area contributed by atoms with Crippen LogP contribution in [0.1, 0.15) is 0 Å². The summed E-state index contributed by atoms with van der Waals surface area (Å²) in [6, 6.07) is 0. The van der Waals surface area contributed by atoms with Crippen LogP contribution in [0.2, 0.25) is 0 Å². The van der Waals surface area contributed by atoms with Gasteiger partial charge in [-0.15, -0.1) is 0 Å². The molecule has 37 valence electrons. The Kier molecular flexibility index (Phi) is 149000. The van der Waals surface area contributed by atoms with E-state index in [4.69, 9.17) is 0 Å². The Bertz CT molecular complexity index is 7.51. The Morgan fingerprint density at radius 2 is 0.500 bits per heavy atom. The molecule has 3 radical (unpaired) electrons. The number of halogens is 4. The van der Waals surface area contributed by atoms with E-state index in [0.29, 0.717) is 0 Å². The summed E-state index contributed by atoms with van der Waals surface area (Å²) in [6.45, 7) is 0. The van der Waals surface area contributed by atoms with Crippen molar-refractivity contribution in [2.45, 2.75) is 0 Å². The average Bonchev–Trinajstić information content (AvgIpc) is 0. The number of rotatable bonds is 0. The van der Waals surface area contributed by atoms with Crippen molar-refractivity contribution in [1.82, 2.24) is 0 Å². The fourth-order valence-corrected chi connectivity index (χ4v) is 0. The molecule has 0 spiro atoms. The second-order valence-corrected chi connectivity index (χ2v) is 0. The summed E-state index contributed by atoms with van der Waals surface area (Å²) in [5.74, 6) is 0. The first-order valence-corrected chi connectivity index (χ1v) is 0. The molecule has 0 bridgehead atoms. The van der Waals surface area contributed by atoms with E-state index < -0.39 is 0 Å². The van der Waals surface area contributed by atoms with E-state index >= 15 is 0 Å². The van der Waals surface area contributed by atoms with Crippen molar-refractivity contribution in [3.63, 3.8) is 0 Å². The van der Waals surface area contributed by atoms with E-state index in [1.165, 1.54) is 0 Å². The van der Waals surface area contributed by atoms with Crippen LogP contribution in [0.25, 0.3) is 0 Å². The van der Waals surface area contributed by atoms with Gasteiger partial charge in [0.05, 0.1) is 0 Å². The van der Waals surface area contributed by atoms with Crippen LogP contribution in [0.4, 0.5) is 18.8 Å². The molecule has 0 fully saturated rings. The van der Waals surface area contributed by atoms with E-state index in [1.54, 1.807) is 0 Å². The molecule has 0 heterocycles. The molecule has 6 heteroatoms. The molecular weight excluding hydrogens is 93.7 g/mol. The zero-order valence-corrected chi connectivity index (χ0v) is 2.21. The van der Waals surface area contributed by atoms with Crippen molar-refractivity contribution in [2.24, 2.45) is 0 Å². The molecule has 0 atom stereocenters. The zero-order chi connectivity index (χ0) is 0. The fourth-order valence-electron chi connectivity index (χ4n) is 0. The van der Waals surface area contributed by atoms with Crippen LogP contribution in [0, 0.1) is 0 Å². The van der Waals surface area contributed by atoms with Gasteiger partial charge in [0.2, 0.25) is 0 Å². The van der Waals surface area contributed by atoms with Gasteiger partial charge in [0.25, 0.3) is 0 Å². The van der Waals surface area contributed by atoms with Gasteiger partial charge in [0.15, 0.2) is 0 Å². The summed E-state index contributed by atoms with van der Waals surface area (Å²) in [7, 11) is 0. The molecule has 0 aliphatic carbocycles. The zero-order valence-electron chi connectivity index (χ0n) is 2.21. The average molecular weight is 98.8 g/mol. The topological polar surface area (TPSA) is 0 Å². The molecule has 0 amide bonds. The Hall–Kier alpha value is 0.382. The molecule has 0 aliphatic heterocycles. The van der Waals surface area contributed by atoms with E-state index in [-0.39, 0.29) is 46.1 Å². The van der Waals surface area contributed by atoms with E-state index in [2.05, 4.69) is 0 Å². The summed E-state index contributed by atoms with van der Waals surface area (Å²) in [4.78, 5) is 0. The normalized spacial score (nSPS) is 0. The first-order valence-electron chi connectivity index (χ1n) is 0. The van der Waals surface area contributed by atoms with Crippen LogP contribution in [0.15, 0.2) is 0 Å². The predicted molar refractivity (Wildman–Crippen MR) is 22.9 cm³/mol. The third-order valence-electron chi connectivity index (χ3n) is 0. The van der Waals surface area contributed by atoms with Gasteiger partial charge < -0.3 is 0 Å². The van der Waals surface area contributed by atoms with Crippen LogP contribution in [-0.4, -0.2) is 27.3 Å². The van der Waals surface area contributed by atoms with Gasteiger partial charge >= 0.3 is 18.9 Å². The van der Waals surface area contributed by atoms with E-state index in [0.717, 1.165) is 0 Å². The minimum atomic E-state index is 0. The van der Waals surface area contributed by atoms with Crippen molar-refractivity contribution in [3.05, 3.63) is 0 Å². The monoisotopic (exact) mass is 99.1 g/mol. The molecule has 0 aliphatic rings. The molecule has 0 N–H and O–H groups in total. The van der Waals surface area contributed by atoms with E-state index in [9.17, 15) is 0 Å². The van der Waals surface area contributed by atoms with Crippen molar-refractivity contribution >= 4 is 27.3 Å². The van der Waals surface area contributed by atoms with E-state index in [1.807, 2.05) is 0 Å². The first-order chi connectivity index (χ1) is 0. The molecule has 0 aromatic carbocycles. The Labute approximate surface area is 46.9 Å². The van der Waals surface area contributed by atoms with Gasteiger partial charge in [-0.05, 0) is 0 Å². The van der Waals surface area contributed by atoms with Crippen LogP contribution in [0.5, 0.6) is 0 Å². The quantitative estimate of drug-likeness (QED) is 0.285. The maximum absolute atomic E-state index is 0. The standard InChI is InChI=1S/B.4FH.Li.H/h;4*1H;;. The van der Waals surface area contributed by atoms with Crippen LogP contribution in [0.3, 0.4) is 0 Å². The summed E-state index contributed by atoms with van der Waals surface area (Å²) in [5.41, 5.74) is 0. The minimum absolute atomic E-state index is 0. The molecular formula is H5BF4Li. The molecule has 0 rings (SSSR count). The summed E-state index contributed by atoms with van der Waals surface area (Å²) >= 11 is 0. The molecule has 6 heavy (non-hydrogen) atoms. The van der Waals surface area contributed by atoms with Crippen LogP contribution >= 0.6 is 0 Å². The molecule has 0 saturated heterocycles. The predicted octanol–water partition coefficient (Wildman–Crippen LogP) is -0.419. The third kappa shape index (κ3) is 343. The molecule has 0 nitrogen and oxygen atoms in total. The molecule has 0 aromatic heterocycles. The van der Waals surface area contributed by atoms with Crippen molar-refractivity contribution < 1.29 is 18.8 Å². The molecule has 0 unspecified atom stereocenters. The first kappa shape index (κ1) is 1260. The molecule has 0 aromatic rings. The van der Waals surface area contributed by atoms with Gasteiger partial charge in [-0.2, -0.15) is 0 Å². The number of hydrogen-bond donors (Lipinski definition) is 0. The van der Waals surface area contributed by atoms with Crippen molar-refractivity contribution in [2.75, 3.05) is 0 Å². The van der Waals surface area contributed by atoms with Gasteiger partial charge in [-0.3, -0.25) is 18.8 Å².